The molecular weight excluding hydrogens is 190 g/mol. The van der Waals surface area contributed by atoms with Crippen LogP contribution in [0.4, 0.5) is 0 Å². The van der Waals surface area contributed by atoms with Crippen LogP contribution in [0.2, 0.25) is 0 Å². The Bertz CT molecular complexity index is 284. The second-order valence-electron chi connectivity index (χ2n) is 2.39. The molecule has 70 valence electrons. The number of rotatable bonds is 4. The lowest BCUT2D eigenvalue weighted by Gasteiger charge is -2.14. The van der Waals surface area contributed by atoms with Crippen LogP contribution < -0.4 is 5.32 Å². The molecule has 4 nitrogen and oxygen atoms in total. The Morgan fingerprint density at radius 2 is 2.62 bits per heavy atom. The Labute approximate surface area is 81.2 Å². The maximum absolute atomic E-state index is 11.0. The second kappa shape index (κ2) is 4.67. The van der Waals surface area contributed by atoms with Crippen molar-refractivity contribution in [3.8, 4) is 0 Å². The lowest BCUT2D eigenvalue weighted by atomic mass is 10.4. The van der Waals surface area contributed by atoms with E-state index in [0.29, 0.717) is 0 Å². The van der Waals surface area contributed by atoms with Gasteiger partial charge >= 0.3 is 0 Å². The normalized spacial score (nSPS) is 12.1. The molecule has 1 atom stereocenters. The van der Waals surface area contributed by atoms with Gasteiger partial charge in [0.2, 0.25) is 5.91 Å². The summed E-state index contributed by atoms with van der Waals surface area (Å²) in [6.07, 6.45) is 6.28. The molecule has 1 amide bonds. The summed E-state index contributed by atoms with van der Waals surface area (Å²) in [5, 5.41) is 2.65. The number of amides is 1. The van der Waals surface area contributed by atoms with Crippen molar-refractivity contribution in [1.82, 2.24) is 14.9 Å². The van der Waals surface area contributed by atoms with Crippen molar-refractivity contribution in [3.63, 3.8) is 0 Å². The molecule has 1 rings (SSSR count). The number of carbonyl (C=O) groups is 1. The number of halogens is 1. The lowest BCUT2D eigenvalue weighted by Crippen LogP contribution is -2.31. The molecular formula is C8H10ClN3O. The van der Waals surface area contributed by atoms with Crippen molar-refractivity contribution in [2.75, 3.05) is 5.88 Å². The topological polar surface area (TPSA) is 46.9 Å². The Morgan fingerprint density at radius 1 is 1.85 bits per heavy atom. The Balaban J connectivity index is 2.64. The van der Waals surface area contributed by atoms with Gasteiger partial charge in [-0.1, -0.05) is 6.58 Å². The number of carbonyl (C=O) groups excluding carboxylic acids is 1. The smallest absolute Gasteiger partial charge is 0.236 e. The molecule has 0 bridgehead atoms. The van der Waals surface area contributed by atoms with E-state index in [-0.39, 0.29) is 18.0 Å². The van der Waals surface area contributed by atoms with Crippen LogP contribution in [0, 0.1) is 0 Å². The summed E-state index contributed by atoms with van der Waals surface area (Å²) in [7, 11) is 0. The average Bonchev–Trinajstić information content (AvgIpc) is 2.66. The second-order valence-corrected chi connectivity index (χ2v) is 2.66. The van der Waals surface area contributed by atoms with Gasteiger partial charge < -0.3 is 9.88 Å². The molecule has 0 saturated heterocycles. The molecule has 0 radical (unpaired) electrons. The maximum Gasteiger partial charge on any atom is 0.236 e. The van der Waals surface area contributed by atoms with E-state index in [0.717, 1.165) is 0 Å². The monoisotopic (exact) mass is 199 g/mol. The van der Waals surface area contributed by atoms with E-state index in [9.17, 15) is 4.79 Å². The van der Waals surface area contributed by atoms with Crippen molar-refractivity contribution in [1.29, 1.82) is 0 Å². The standard InChI is InChI=1S/C8H10ClN3O/c1-2-7(11-8(13)5-9)12-4-3-10-6-12/h2-4,6-7H,1,5H2,(H,11,13). The molecule has 0 aliphatic heterocycles. The highest BCUT2D eigenvalue weighted by Gasteiger charge is 2.07. The van der Waals surface area contributed by atoms with Gasteiger partial charge in [-0.3, -0.25) is 4.79 Å². The fourth-order valence-electron chi connectivity index (χ4n) is 0.893. The lowest BCUT2D eigenvalue weighted by molar-refractivity contribution is -0.119. The SMILES string of the molecule is C=CC(NC(=O)CCl)n1ccnc1. The molecule has 5 heteroatoms. The van der Waals surface area contributed by atoms with Crippen molar-refractivity contribution in [2.45, 2.75) is 6.17 Å². The number of alkyl halides is 1. The number of nitrogens with one attached hydrogen (secondary N) is 1. The van der Waals surface area contributed by atoms with Crippen LogP contribution in [0.25, 0.3) is 0 Å². The highest BCUT2D eigenvalue weighted by atomic mass is 35.5. The van der Waals surface area contributed by atoms with E-state index in [2.05, 4.69) is 16.9 Å². The van der Waals surface area contributed by atoms with Gasteiger partial charge in [-0.25, -0.2) is 4.98 Å². The average molecular weight is 200 g/mol. The third kappa shape index (κ3) is 2.59. The van der Waals surface area contributed by atoms with Gasteiger partial charge in [-0.15, -0.1) is 11.6 Å². The van der Waals surface area contributed by atoms with Crippen molar-refractivity contribution >= 4 is 17.5 Å². The van der Waals surface area contributed by atoms with Gasteiger partial charge in [0, 0.05) is 12.4 Å². The zero-order valence-electron chi connectivity index (χ0n) is 6.98. The van der Waals surface area contributed by atoms with Crippen molar-refractivity contribution in [2.24, 2.45) is 0 Å². The van der Waals surface area contributed by atoms with Gasteiger partial charge in [-0.2, -0.15) is 0 Å². The molecule has 0 fully saturated rings. The van der Waals surface area contributed by atoms with Crippen LogP contribution in [-0.2, 0) is 4.79 Å². The summed E-state index contributed by atoms with van der Waals surface area (Å²) in [4.78, 5) is 14.8. The first-order chi connectivity index (χ1) is 6.27. The van der Waals surface area contributed by atoms with Gasteiger partial charge in [-0.05, 0) is 6.08 Å². The molecule has 0 aliphatic rings. The number of aromatic nitrogens is 2. The number of hydrogen-bond donors (Lipinski definition) is 1. The molecule has 13 heavy (non-hydrogen) atoms. The number of nitrogens with zero attached hydrogens (tertiary/aromatic N) is 2. The molecule has 0 aliphatic carbocycles. The highest BCUT2D eigenvalue weighted by molar-refractivity contribution is 6.27. The van der Waals surface area contributed by atoms with Gasteiger partial charge in [0.25, 0.3) is 0 Å². The predicted octanol–water partition coefficient (Wildman–Crippen LogP) is 0.923. The zero-order chi connectivity index (χ0) is 9.68. The summed E-state index contributed by atoms with van der Waals surface area (Å²) in [6, 6.07) is 0. The van der Waals surface area contributed by atoms with E-state index in [4.69, 9.17) is 11.6 Å². The third-order valence-electron chi connectivity index (χ3n) is 1.50. The van der Waals surface area contributed by atoms with E-state index in [1.54, 1.807) is 29.4 Å². The fraction of sp³-hybridized carbons (Fsp3) is 0.250. The maximum atomic E-state index is 11.0. The van der Waals surface area contributed by atoms with Crippen molar-refractivity contribution < 1.29 is 4.79 Å². The molecule has 1 aromatic heterocycles. The summed E-state index contributed by atoms with van der Waals surface area (Å²) < 4.78 is 1.72. The molecule has 1 heterocycles. The minimum absolute atomic E-state index is 0.0565. The minimum atomic E-state index is -0.284. The zero-order valence-corrected chi connectivity index (χ0v) is 7.74. The molecule has 0 aromatic carbocycles. The van der Waals surface area contributed by atoms with E-state index >= 15 is 0 Å². The third-order valence-corrected chi connectivity index (χ3v) is 1.74. The minimum Gasteiger partial charge on any atom is -0.331 e. The summed E-state index contributed by atoms with van der Waals surface area (Å²) in [5.74, 6) is -0.292. The van der Waals surface area contributed by atoms with Crippen LogP contribution >= 0.6 is 11.6 Å². The van der Waals surface area contributed by atoms with Crippen LogP contribution in [0.15, 0.2) is 31.4 Å². The van der Waals surface area contributed by atoms with E-state index < -0.39 is 0 Å². The Kier molecular flexibility index (Phi) is 3.52. The van der Waals surface area contributed by atoms with Gasteiger partial charge in [0.05, 0.1) is 6.33 Å². The molecule has 1 N–H and O–H groups in total. The fourth-order valence-corrected chi connectivity index (χ4v) is 0.970. The molecule has 1 unspecified atom stereocenters. The largest absolute Gasteiger partial charge is 0.331 e. The van der Waals surface area contributed by atoms with Crippen LogP contribution in [-0.4, -0.2) is 21.3 Å². The van der Waals surface area contributed by atoms with Crippen LogP contribution in [0.3, 0.4) is 0 Å². The molecule has 0 saturated carbocycles. The van der Waals surface area contributed by atoms with Gasteiger partial charge in [0.15, 0.2) is 0 Å². The number of hydrogen-bond acceptors (Lipinski definition) is 2. The van der Waals surface area contributed by atoms with Gasteiger partial charge in [0.1, 0.15) is 12.0 Å². The van der Waals surface area contributed by atoms with Crippen LogP contribution in [0.1, 0.15) is 6.17 Å². The van der Waals surface area contributed by atoms with E-state index in [1.807, 2.05) is 0 Å². The summed E-state index contributed by atoms with van der Waals surface area (Å²) in [6.45, 7) is 3.60. The molecule has 0 spiro atoms. The number of imidazole rings is 1. The highest BCUT2D eigenvalue weighted by Crippen LogP contribution is 2.02. The first-order valence-electron chi connectivity index (χ1n) is 3.73. The quantitative estimate of drug-likeness (QED) is 0.579. The first-order valence-corrected chi connectivity index (χ1v) is 4.26. The summed E-state index contributed by atoms with van der Waals surface area (Å²) in [5.41, 5.74) is 0. The summed E-state index contributed by atoms with van der Waals surface area (Å²) >= 11 is 5.34. The Morgan fingerprint density at radius 3 is 3.08 bits per heavy atom. The molecule has 1 aromatic rings. The predicted molar refractivity (Wildman–Crippen MR) is 50.3 cm³/mol. The van der Waals surface area contributed by atoms with E-state index in [1.165, 1.54) is 0 Å². The Hall–Kier alpha value is -1.29. The first kappa shape index (κ1) is 9.80. The van der Waals surface area contributed by atoms with Crippen LogP contribution in [0.5, 0.6) is 0 Å². The van der Waals surface area contributed by atoms with Crippen molar-refractivity contribution in [3.05, 3.63) is 31.4 Å².